The number of aromatic nitrogens is 2. The predicted molar refractivity (Wildman–Crippen MR) is 101 cm³/mol. The number of benzene rings is 2. The Bertz CT molecular complexity index is 1120. The van der Waals surface area contributed by atoms with Crippen molar-refractivity contribution in [3.63, 3.8) is 0 Å². The van der Waals surface area contributed by atoms with Crippen LogP contribution in [0, 0.1) is 0 Å². The van der Waals surface area contributed by atoms with Crippen molar-refractivity contribution >= 4 is 34.4 Å². The number of anilines is 1. The number of ether oxygens (including phenoxy) is 1. The van der Waals surface area contributed by atoms with Crippen LogP contribution in [-0.2, 0) is 20.9 Å². The first-order valence-corrected chi connectivity index (χ1v) is 8.23. The molecule has 0 saturated carbocycles. The quantitative estimate of drug-likeness (QED) is 0.457. The number of H-pyrrole nitrogens is 1. The standard InChI is InChI=1S/C19H16N4O5/c1-28-19(27)18(26)21-12-6-4-5-11(9-12)10-20-17(25)15-22-14-8-3-2-7-13(14)16(24)23-15/h2-9H,10H2,1H3,(H,20,25)(H,21,26)(H,22,23,24). The fraction of sp³-hybridized carbons (Fsp3) is 0.105. The molecular weight excluding hydrogens is 364 g/mol. The molecule has 9 heteroatoms. The molecule has 3 rings (SSSR count). The van der Waals surface area contributed by atoms with E-state index in [1.54, 1.807) is 48.5 Å². The van der Waals surface area contributed by atoms with Crippen LogP contribution in [0.3, 0.4) is 0 Å². The molecule has 0 aliphatic heterocycles. The van der Waals surface area contributed by atoms with Gasteiger partial charge in [-0.3, -0.25) is 14.4 Å². The summed E-state index contributed by atoms with van der Waals surface area (Å²) >= 11 is 0. The lowest BCUT2D eigenvalue weighted by Crippen LogP contribution is -2.27. The molecule has 0 radical (unpaired) electrons. The molecule has 0 saturated heterocycles. The van der Waals surface area contributed by atoms with Crippen LogP contribution in [0.1, 0.15) is 16.2 Å². The van der Waals surface area contributed by atoms with Crippen LogP contribution in [0.25, 0.3) is 10.9 Å². The second-order valence-electron chi connectivity index (χ2n) is 5.76. The second-order valence-corrected chi connectivity index (χ2v) is 5.76. The van der Waals surface area contributed by atoms with E-state index in [9.17, 15) is 19.2 Å². The van der Waals surface area contributed by atoms with E-state index >= 15 is 0 Å². The molecule has 1 heterocycles. The van der Waals surface area contributed by atoms with Gasteiger partial charge in [0.25, 0.3) is 11.5 Å². The number of esters is 1. The first-order valence-electron chi connectivity index (χ1n) is 8.23. The van der Waals surface area contributed by atoms with Crippen molar-refractivity contribution in [2.75, 3.05) is 12.4 Å². The maximum Gasteiger partial charge on any atom is 0.396 e. The van der Waals surface area contributed by atoms with Gasteiger partial charge in [-0.1, -0.05) is 24.3 Å². The zero-order valence-electron chi connectivity index (χ0n) is 14.8. The van der Waals surface area contributed by atoms with Crippen LogP contribution >= 0.6 is 0 Å². The van der Waals surface area contributed by atoms with Gasteiger partial charge in [0, 0.05) is 12.2 Å². The van der Waals surface area contributed by atoms with Crippen molar-refractivity contribution < 1.29 is 19.1 Å². The van der Waals surface area contributed by atoms with Gasteiger partial charge in [0.2, 0.25) is 0 Å². The molecule has 3 aromatic rings. The van der Waals surface area contributed by atoms with Gasteiger partial charge in [-0.15, -0.1) is 0 Å². The van der Waals surface area contributed by atoms with Crippen LogP contribution in [-0.4, -0.2) is 34.9 Å². The number of carbonyl (C=O) groups is 3. The zero-order valence-corrected chi connectivity index (χ0v) is 14.8. The summed E-state index contributed by atoms with van der Waals surface area (Å²) in [5, 5.41) is 5.44. The van der Waals surface area contributed by atoms with Gasteiger partial charge in [-0.25, -0.2) is 9.78 Å². The Hall–Kier alpha value is -4.01. The fourth-order valence-corrected chi connectivity index (χ4v) is 2.49. The molecule has 2 amide bonds. The summed E-state index contributed by atoms with van der Waals surface area (Å²) in [4.78, 5) is 53.7. The lowest BCUT2D eigenvalue weighted by Gasteiger charge is -2.08. The lowest BCUT2D eigenvalue weighted by molar-refractivity contribution is -0.150. The van der Waals surface area contributed by atoms with Crippen LogP contribution in [0.5, 0.6) is 0 Å². The first kappa shape index (κ1) is 18.8. The Kier molecular flexibility index (Phi) is 5.45. The molecule has 0 atom stereocenters. The number of hydrogen-bond acceptors (Lipinski definition) is 6. The summed E-state index contributed by atoms with van der Waals surface area (Å²) in [6, 6.07) is 13.3. The summed E-state index contributed by atoms with van der Waals surface area (Å²) in [6.45, 7) is 0.122. The molecule has 0 spiro atoms. The highest BCUT2D eigenvalue weighted by Crippen LogP contribution is 2.11. The molecule has 0 aliphatic rings. The molecule has 28 heavy (non-hydrogen) atoms. The van der Waals surface area contributed by atoms with Gasteiger partial charge in [0.05, 0.1) is 18.0 Å². The van der Waals surface area contributed by atoms with E-state index in [4.69, 9.17) is 0 Å². The summed E-state index contributed by atoms with van der Waals surface area (Å²) in [5.41, 5.74) is 1.06. The van der Waals surface area contributed by atoms with Crippen molar-refractivity contribution in [2.45, 2.75) is 6.54 Å². The summed E-state index contributed by atoms with van der Waals surface area (Å²) in [6.07, 6.45) is 0. The van der Waals surface area contributed by atoms with Crippen molar-refractivity contribution in [3.05, 3.63) is 70.3 Å². The number of hydrogen-bond donors (Lipinski definition) is 3. The van der Waals surface area contributed by atoms with Crippen LogP contribution in [0.2, 0.25) is 0 Å². The van der Waals surface area contributed by atoms with Crippen LogP contribution in [0.15, 0.2) is 53.3 Å². The van der Waals surface area contributed by atoms with Gasteiger partial charge in [0.1, 0.15) is 0 Å². The first-order chi connectivity index (χ1) is 13.5. The van der Waals surface area contributed by atoms with E-state index in [1.807, 2.05) is 0 Å². The lowest BCUT2D eigenvalue weighted by atomic mass is 10.2. The highest BCUT2D eigenvalue weighted by Gasteiger charge is 2.14. The van der Waals surface area contributed by atoms with Gasteiger partial charge in [0.15, 0.2) is 5.82 Å². The number of rotatable bonds is 4. The number of fused-ring (bicyclic) bond motifs is 1. The Labute approximate surface area is 158 Å². The van der Waals surface area contributed by atoms with E-state index in [-0.39, 0.29) is 12.4 Å². The fourth-order valence-electron chi connectivity index (χ4n) is 2.49. The van der Waals surface area contributed by atoms with E-state index in [0.29, 0.717) is 22.2 Å². The van der Waals surface area contributed by atoms with Crippen LogP contribution in [0.4, 0.5) is 5.69 Å². The van der Waals surface area contributed by atoms with E-state index < -0.39 is 23.3 Å². The third-order valence-corrected chi connectivity index (χ3v) is 3.84. The molecule has 9 nitrogen and oxygen atoms in total. The third kappa shape index (κ3) is 4.21. The minimum absolute atomic E-state index is 0.0983. The smallest absolute Gasteiger partial charge is 0.396 e. The molecular formula is C19H16N4O5. The number of para-hydroxylation sites is 1. The molecule has 0 fully saturated rings. The summed E-state index contributed by atoms with van der Waals surface area (Å²) in [5.74, 6) is -2.56. The van der Waals surface area contributed by atoms with Gasteiger partial charge < -0.3 is 20.4 Å². The van der Waals surface area contributed by atoms with Gasteiger partial charge in [-0.2, -0.15) is 0 Å². The number of methoxy groups -OCH3 is 1. The zero-order chi connectivity index (χ0) is 20.1. The third-order valence-electron chi connectivity index (χ3n) is 3.84. The minimum Gasteiger partial charge on any atom is -0.462 e. The number of nitrogens with one attached hydrogen (secondary N) is 3. The Morgan fingerprint density at radius 2 is 1.89 bits per heavy atom. The van der Waals surface area contributed by atoms with Gasteiger partial charge in [-0.05, 0) is 29.8 Å². The van der Waals surface area contributed by atoms with E-state index in [0.717, 1.165) is 7.11 Å². The van der Waals surface area contributed by atoms with E-state index in [1.165, 1.54) is 0 Å². The normalized spacial score (nSPS) is 10.3. The molecule has 0 bridgehead atoms. The average Bonchev–Trinajstić information content (AvgIpc) is 2.71. The maximum atomic E-state index is 12.3. The van der Waals surface area contributed by atoms with Crippen molar-refractivity contribution in [1.29, 1.82) is 0 Å². The maximum absolute atomic E-state index is 12.3. The predicted octanol–water partition coefficient (Wildman–Crippen LogP) is 0.965. The van der Waals surface area contributed by atoms with Crippen LogP contribution < -0.4 is 16.2 Å². The topological polar surface area (TPSA) is 130 Å². The molecule has 0 unspecified atom stereocenters. The number of amides is 2. The monoisotopic (exact) mass is 380 g/mol. The SMILES string of the molecule is COC(=O)C(=O)Nc1cccc(CNC(=O)c2nc3ccccc3c(=O)[nH]2)c1. The summed E-state index contributed by atoms with van der Waals surface area (Å²) in [7, 11) is 1.11. The van der Waals surface area contributed by atoms with Crippen molar-refractivity contribution in [1.82, 2.24) is 15.3 Å². The molecule has 3 N–H and O–H groups in total. The molecule has 1 aromatic heterocycles. The van der Waals surface area contributed by atoms with Gasteiger partial charge >= 0.3 is 11.9 Å². The largest absolute Gasteiger partial charge is 0.462 e. The Morgan fingerprint density at radius 1 is 1.11 bits per heavy atom. The highest BCUT2D eigenvalue weighted by molar-refractivity contribution is 6.37. The van der Waals surface area contributed by atoms with Crippen molar-refractivity contribution in [2.24, 2.45) is 0 Å². The number of nitrogens with zero attached hydrogens (tertiary/aromatic N) is 1. The second kappa shape index (κ2) is 8.12. The Balaban J connectivity index is 1.70. The number of carbonyl (C=O) groups excluding carboxylic acids is 3. The Morgan fingerprint density at radius 3 is 2.68 bits per heavy atom. The minimum atomic E-state index is -1.01. The highest BCUT2D eigenvalue weighted by atomic mass is 16.5. The summed E-state index contributed by atoms with van der Waals surface area (Å²) < 4.78 is 4.34. The number of aromatic amines is 1. The molecule has 2 aromatic carbocycles. The average molecular weight is 380 g/mol. The van der Waals surface area contributed by atoms with Crippen molar-refractivity contribution in [3.8, 4) is 0 Å². The molecule has 142 valence electrons. The molecule has 0 aliphatic carbocycles. The van der Waals surface area contributed by atoms with E-state index in [2.05, 4.69) is 25.3 Å².